The van der Waals surface area contributed by atoms with Gasteiger partial charge in [-0.25, -0.2) is 14.6 Å². The molecule has 0 bridgehead atoms. The average molecular weight is 315 g/mol. The summed E-state index contributed by atoms with van der Waals surface area (Å²) in [7, 11) is 0. The molecule has 0 aliphatic carbocycles. The summed E-state index contributed by atoms with van der Waals surface area (Å²) in [5, 5.41) is 22.7. The van der Waals surface area contributed by atoms with Gasteiger partial charge in [-0.15, -0.1) is 11.3 Å². The van der Waals surface area contributed by atoms with Crippen molar-refractivity contribution in [2.24, 2.45) is 0 Å². The maximum atomic E-state index is 11.7. The number of aliphatic carboxylic acids is 2. The second kappa shape index (κ2) is 7.58. The molecule has 116 valence electrons. The first kappa shape index (κ1) is 16.9. The molecule has 1 rings (SSSR count). The summed E-state index contributed by atoms with van der Waals surface area (Å²) in [4.78, 5) is 38.2. The maximum Gasteiger partial charge on any atom is 0.326 e. The molecule has 0 saturated heterocycles. The number of amides is 2. The van der Waals surface area contributed by atoms with Gasteiger partial charge >= 0.3 is 18.0 Å². The van der Waals surface area contributed by atoms with Crippen molar-refractivity contribution in [3.05, 3.63) is 10.6 Å². The Balaban J connectivity index is 2.52. The number of hydrogen-bond acceptors (Lipinski definition) is 5. The van der Waals surface area contributed by atoms with Gasteiger partial charge in [-0.1, -0.05) is 0 Å². The van der Waals surface area contributed by atoms with E-state index in [0.29, 0.717) is 5.13 Å². The third-order valence-electron chi connectivity index (χ3n) is 2.74. The van der Waals surface area contributed by atoms with Crippen LogP contribution in [0.3, 0.4) is 0 Å². The number of urea groups is 1. The van der Waals surface area contributed by atoms with Gasteiger partial charge in [0.05, 0.1) is 5.69 Å². The van der Waals surface area contributed by atoms with Gasteiger partial charge in [0.15, 0.2) is 5.13 Å². The van der Waals surface area contributed by atoms with Gasteiger partial charge in [0.25, 0.3) is 0 Å². The highest BCUT2D eigenvalue weighted by Crippen LogP contribution is 2.20. The fourth-order valence-electron chi connectivity index (χ4n) is 1.53. The molecule has 1 aromatic rings. The van der Waals surface area contributed by atoms with Crippen molar-refractivity contribution >= 4 is 34.4 Å². The van der Waals surface area contributed by atoms with Crippen molar-refractivity contribution in [2.75, 3.05) is 5.32 Å². The number of nitrogens with one attached hydrogen (secondary N) is 2. The number of thiazole rings is 1. The third kappa shape index (κ3) is 5.78. The van der Waals surface area contributed by atoms with Crippen LogP contribution >= 0.6 is 11.3 Å². The molecule has 0 aliphatic heterocycles. The van der Waals surface area contributed by atoms with Crippen LogP contribution in [0.5, 0.6) is 0 Å². The van der Waals surface area contributed by atoms with E-state index < -0.39 is 24.0 Å². The number of carbonyl (C=O) groups is 3. The second-order valence-electron chi connectivity index (χ2n) is 4.44. The van der Waals surface area contributed by atoms with Crippen LogP contribution < -0.4 is 10.6 Å². The van der Waals surface area contributed by atoms with Gasteiger partial charge in [0.2, 0.25) is 0 Å². The molecule has 4 N–H and O–H groups in total. The van der Waals surface area contributed by atoms with Crippen LogP contribution in [0.4, 0.5) is 9.93 Å². The number of aromatic nitrogens is 1. The first-order chi connectivity index (χ1) is 9.79. The summed E-state index contributed by atoms with van der Waals surface area (Å²) in [6.45, 7) is 3.67. The Kier molecular flexibility index (Phi) is 6.10. The minimum atomic E-state index is -1.21. The van der Waals surface area contributed by atoms with E-state index in [1.54, 1.807) is 6.92 Å². The number of carboxylic acid groups (broad SMARTS) is 2. The van der Waals surface area contributed by atoms with Gasteiger partial charge in [-0.05, 0) is 26.7 Å². The quantitative estimate of drug-likeness (QED) is 0.605. The van der Waals surface area contributed by atoms with Gasteiger partial charge in [0, 0.05) is 11.3 Å². The molecule has 2 amide bonds. The zero-order valence-electron chi connectivity index (χ0n) is 11.7. The summed E-state index contributed by atoms with van der Waals surface area (Å²) < 4.78 is 0. The van der Waals surface area contributed by atoms with E-state index in [1.807, 2.05) is 6.92 Å². The second-order valence-corrected chi connectivity index (χ2v) is 5.64. The van der Waals surface area contributed by atoms with E-state index in [1.165, 1.54) is 11.3 Å². The standard InChI is InChI=1S/C12H17N3O5S/c1-6-7(2)21-12(13-6)15-11(20)14-8(10(18)19)4-3-5-9(16)17/h8H,3-5H2,1-2H3,(H,16,17)(H,18,19)(H2,13,14,15,20)/t8-/m1/s1. The molecule has 0 aliphatic rings. The largest absolute Gasteiger partial charge is 0.481 e. The number of aryl methyl sites for hydroxylation is 2. The molecule has 0 aromatic carbocycles. The SMILES string of the molecule is Cc1nc(NC(=O)N[C@H](CCCC(=O)O)C(=O)O)sc1C. The first-order valence-corrected chi connectivity index (χ1v) is 7.07. The molecule has 0 fully saturated rings. The maximum absolute atomic E-state index is 11.7. The molecule has 0 unspecified atom stereocenters. The Bertz CT molecular complexity index is 523. The van der Waals surface area contributed by atoms with Crippen LogP contribution in [0.25, 0.3) is 0 Å². The van der Waals surface area contributed by atoms with Crippen molar-refractivity contribution in [1.82, 2.24) is 10.3 Å². The van der Waals surface area contributed by atoms with Crippen molar-refractivity contribution in [3.8, 4) is 0 Å². The minimum Gasteiger partial charge on any atom is -0.481 e. The van der Waals surface area contributed by atoms with Crippen LogP contribution in [0, 0.1) is 13.8 Å². The zero-order chi connectivity index (χ0) is 16.0. The first-order valence-electron chi connectivity index (χ1n) is 6.25. The Morgan fingerprint density at radius 2 is 1.95 bits per heavy atom. The lowest BCUT2D eigenvalue weighted by Gasteiger charge is -2.13. The molecule has 1 heterocycles. The average Bonchev–Trinajstić information content (AvgIpc) is 2.66. The smallest absolute Gasteiger partial charge is 0.326 e. The number of nitrogens with zero attached hydrogens (tertiary/aromatic N) is 1. The molecular weight excluding hydrogens is 298 g/mol. The number of carbonyl (C=O) groups excluding carboxylic acids is 1. The van der Waals surface area contributed by atoms with Gasteiger partial charge in [-0.2, -0.15) is 0 Å². The van der Waals surface area contributed by atoms with Crippen LogP contribution in [0.1, 0.15) is 29.8 Å². The summed E-state index contributed by atoms with van der Waals surface area (Å²) in [5.41, 5.74) is 0.798. The van der Waals surface area contributed by atoms with Crippen LogP contribution in [-0.2, 0) is 9.59 Å². The number of rotatable bonds is 7. The Labute approximate surface area is 125 Å². The number of carboxylic acids is 2. The molecule has 9 heteroatoms. The van der Waals surface area contributed by atoms with E-state index in [9.17, 15) is 14.4 Å². The highest BCUT2D eigenvalue weighted by atomic mass is 32.1. The van der Waals surface area contributed by atoms with E-state index in [-0.39, 0.29) is 19.3 Å². The molecule has 1 atom stereocenters. The molecule has 0 saturated carbocycles. The lowest BCUT2D eigenvalue weighted by Crippen LogP contribution is -2.43. The minimum absolute atomic E-state index is 0.0466. The highest BCUT2D eigenvalue weighted by Gasteiger charge is 2.20. The molecule has 1 aromatic heterocycles. The van der Waals surface area contributed by atoms with Crippen LogP contribution in [0.2, 0.25) is 0 Å². The molecule has 0 spiro atoms. The molecule has 0 radical (unpaired) electrons. The van der Waals surface area contributed by atoms with E-state index >= 15 is 0 Å². The normalized spacial score (nSPS) is 11.7. The fourth-order valence-corrected chi connectivity index (χ4v) is 2.34. The Hall–Kier alpha value is -2.16. The Morgan fingerprint density at radius 1 is 1.29 bits per heavy atom. The molecule has 21 heavy (non-hydrogen) atoms. The summed E-state index contributed by atoms with van der Waals surface area (Å²) in [6, 6.07) is -1.81. The van der Waals surface area contributed by atoms with E-state index in [2.05, 4.69) is 15.6 Å². The predicted octanol–water partition coefficient (Wildman–Crippen LogP) is 1.59. The van der Waals surface area contributed by atoms with E-state index in [4.69, 9.17) is 10.2 Å². The van der Waals surface area contributed by atoms with Crippen LogP contribution in [-0.4, -0.2) is 39.2 Å². The van der Waals surface area contributed by atoms with Crippen LogP contribution in [0.15, 0.2) is 0 Å². The van der Waals surface area contributed by atoms with Gasteiger partial charge < -0.3 is 15.5 Å². The summed E-state index contributed by atoms with van der Waals surface area (Å²) >= 11 is 1.29. The van der Waals surface area contributed by atoms with Crippen molar-refractivity contribution in [2.45, 2.75) is 39.2 Å². The van der Waals surface area contributed by atoms with Crippen molar-refractivity contribution in [1.29, 1.82) is 0 Å². The van der Waals surface area contributed by atoms with Crippen molar-refractivity contribution < 1.29 is 24.6 Å². The Morgan fingerprint density at radius 3 is 2.43 bits per heavy atom. The van der Waals surface area contributed by atoms with Crippen molar-refractivity contribution in [3.63, 3.8) is 0 Å². The summed E-state index contributed by atoms with van der Waals surface area (Å²) in [5.74, 6) is -2.21. The lowest BCUT2D eigenvalue weighted by atomic mass is 10.1. The molecular formula is C12H17N3O5S. The van der Waals surface area contributed by atoms with Gasteiger partial charge in [-0.3, -0.25) is 10.1 Å². The van der Waals surface area contributed by atoms with Gasteiger partial charge in [0.1, 0.15) is 6.04 Å². The topological polar surface area (TPSA) is 129 Å². The number of hydrogen-bond donors (Lipinski definition) is 4. The third-order valence-corrected chi connectivity index (χ3v) is 3.72. The molecule has 8 nitrogen and oxygen atoms in total. The highest BCUT2D eigenvalue weighted by molar-refractivity contribution is 7.15. The monoisotopic (exact) mass is 315 g/mol. The zero-order valence-corrected chi connectivity index (χ0v) is 12.5. The summed E-state index contributed by atoms with van der Waals surface area (Å²) in [6.07, 6.45) is 0.0744. The predicted molar refractivity (Wildman–Crippen MR) is 76.7 cm³/mol. The number of anilines is 1. The lowest BCUT2D eigenvalue weighted by molar-refractivity contribution is -0.140. The van der Waals surface area contributed by atoms with E-state index in [0.717, 1.165) is 10.6 Å². The fraction of sp³-hybridized carbons (Fsp3) is 0.500.